The van der Waals surface area contributed by atoms with Gasteiger partial charge >= 0.3 is 0 Å². The van der Waals surface area contributed by atoms with Gasteiger partial charge in [0, 0.05) is 12.2 Å². The second-order valence-corrected chi connectivity index (χ2v) is 9.83. The molecule has 4 N–H and O–H groups in total. The third kappa shape index (κ3) is 5.26. The van der Waals surface area contributed by atoms with Gasteiger partial charge in [0.05, 0.1) is 5.41 Å². The molecule has 178 valence electrons. The minimum atomic E-state index is -0.652. The molecule has 0 bridgehead atoms. The van der Waals surface area contributed by atoms with Gasteiger partial charge in [0.25, 0.3) is 0 Å². The molecular formula is C29H34N2O3. The van der Waals surface area contributed by atoms with E-state index in [2.05, 4.69) is 55.7 Å². The number of carbonyl (C=O) groups is 1. The molecule has 1 aliphatic rings. The number of phenolic OH excluding ortho intramolecular Hbond substituents is 2. The van der Waals surface area contributed by atoms with Crippen LogP contribution in [0.25, 0.3) is 11.1 Å². The number of amides is 1. The Bertz CT molecular complexity index is 1160. The molecule has 1 amide bonds. The van der Waals surface area contributed by atoms with Crippen LogP contribution in [0.2, 0.25) is 0 Å². The normalized spacial score (nSPS) is 14.2. The van der Waals surface area contributed by atoms with Gasteiger partial charge < -0.3 is 20.8 Å². The van der Waals surface area contributed by atoms with Crippen molar-refractivity contribution < 1.29 is 15.0 Å². The van der Waals surface area contributed by atoms with Crippen molar-refractivity contribution in [1.29, 1.82) is 0 Å². The first-order valence-electron chi connectivity index (χ1n) is 12.0. The summed E-state index contributed by atoms with van der Waals surface area (Å²) in [5.74, 6) is 0.233. The highest BCUT2D eigenvalue weighted by Gasteiger charge is 2.51. The average Bonchev–Trinajstić information content (AvgIpc) is 3.62. The van der Waals surface area contributed by atoms with Crippen LogP contribution in [0, 0.1) is 12.8 Å². The fraction of sp³-hybridized carbons (Fsp3) is 0.345. The zero-order chi connectivity index (χ0) is 24.3. The zero-order valence-corrected chi connectivity index (χ0v) is 20.2. The number of hydrogen-bond acceptors (Lipinski definition) is 4. The number of benzene rings is 3. The summed E-state index contributed by atoms with van der Waals surface area (Å²) in [6.45, 7) is 8.42. The van der Waals surface area contributed by atoms with Crippen molar-refractivity contribution in [3.05, 3.63) is 77.4 Å². The molecule has 0 saturated heterocycles. The molecule has 0 unspecified atom stereocenters. The lowest BCUT2D eigenvalue weighted by Crippen LogP contribution is -2.27. The van der Waals surface area contributed by atoms with Gasteiger partial charge in [-0.05, 0) is 90.7 Å². The maximum absolute atomic E-state index is 13.2. The standard InChI is InChI=1S/C29H34N2O3/c1-19(2)12-15-30-18-21-5-7-22(8-6-21)25-17-24(10-4-20(25)3)31-28(34)29(13-14-29)23-9-11-26(32)27(33)16-23/h4-11,16-17,19,30,32-33H,12-15,18H2,1-3H3,(H,31,34). The Labute approximate surface area is 201 Å². The highest BCUT2D eigenvalue weighted by molar-refractivity contribution is 6.02. The van der Waals surface area contributed by atoms with E-state index in [9.17, 15) is 15.0 Å². The number of rotatable bonds is 9. The van der Waals surface area contributed by atoms with E-state index in [0.29, 0.717) is 18.8 Å². The zero-order valence-electron chi connectivity index (χ0n) is 20.2. The lowest BCUT2D eigenvalue weighted by atomic mass is 9.94. The van der Waals surface area contributed by atoms with Gasteiger partial charge in [-0.1, -0.05) is 50.2 Å². The first-order chi connectivity index (χ1) is 16.3. The van der Waals surface area contributed by atoms with E-state index in [1.807, 2.05) is 18.2 Å². The monoisotopic (exact) mass is 458 g/mol. The molecule has 34 heavy (non-hydrogen) atoms. The van der Waals surface area contributed by atoms with Crippen LogP contribution in [0.4, 0.5) is 5.69 Å². The number of nitrogens with one attached hydrogen (secondary N) is 2. The third-order valence-electron chi connectivity index (χ3n) is 6.70. The van der Waals surface area contributed by atoms with Crippen LogP contribution in [-0.2, 0) is 16.8 Å². The van der Waals surface area contributed by atoms with E-state index in [1.165, 1.54) is 24.1 Å². The molecule has 0 spiro atoms. The van der Waals surface area contributed by atoms with Gasteiger partial charge in [-0.25, -0.2) is 0 Å². The van der Waals surface area contributed by atoms with Gasteiger partial charge in [-0.2, -0.15) is 0 Å². The first kappa shape index (κ1) is 23.8. The largest absolute Gasteiger partial charge is 0.504 e. The number of aromatic hydroxyl groups is 2. The summed E-state index contributed by atoms with van der Waals surface area (Å²) >= 11 is 0. The van der Waals surface area contributed by atoms with Crippen LogP contribution >= 0.6 is 0 Å². The summed E-state index contributed by atoms with van der Waals surface area (Å²) in [5.41, 5.74) is 5.42. The summed E-state index contributed by atoms with van der Waals surface area (Å²) in [6.07, 6.45) is 2.61. The Balaban J connectivity index is 1.46. The highest BCUT2D eigenvalue weighted by Crippen LogP contribution is 2.50. The van der Waals surface area contributed by atoms with Gasteiger partial charge in [0.1, 0.15) is 0 Å². The molecule has 1 aliphatic carbocycles. The SMILES string of the molecule is Cc1ccc(NC(=O)C2(c3ccc(O)c(O)c3)CC2)cc1-c1ccc(CNCCC(C)C)cc1. The van der Waals surface area contributed by atoms with E-state index < -0.39 is 5.41 Å². The van der Waals surface area contributed by atoms with E-state index in [0.717, 1.165) is 41.0 Å². The minimum Gasteiger partial charge on any atom is -0.504 e. The lowest BCUT2D eigenvalue weighted by molar-refractivity contribution is -0.118. The van der Waals surface area contributed by atoms with E-state index in [1.54, 1.807) is 6.07 Å². The molecule has 4 rings (SSSR count). The molecule has 0 aromatic heterocycles. The number of carbonyl (C=O) groups excluding carboxylic acids is 1. The molecule has 0 aliphatic heterocycles. The predicted octanol–water partition coefficient (Wildman–Crippen LogP) is 5.88. The van der Waals surface area contributed by atoms with Crippen LogP contribution < -0.4 is 10.6 Å². The molecule has 5 nitrogen and oxygen atoms in total. The molecular weight excluding hydrogens is 424 g/mol. The van der Waals surface area contributed by atoms with Crippen LogP contribution in [-0.4, -0.2) is 22.7 Å². The molecule has 0 radical (unpaired) electrons. The maximum atomic E-state index is 13.2. The smallest absolute Gasteiger partial charge is 0.235 e. The first-order valence-corrected chi connectivity index (χ1v) is 12.0. The van der Waals surface area contributed by atoms with Crippen LogP contribution in [0.1, 0.15) is 49.8 Å². The van der Waals surface area contributed by atoms with Crippen LogP contribution in [0.15, 0.2) is 60.7 Å². The summed E-state index contributed by atoms with van der Waals surface area (Å²) in [5, 5.41) is 26.1. The average molecular weight is 459 g/mol. The lowest BCUT2D eigenvalue weighted by Gasteiger charge is -2.17. The van der Waals surface area contributed by atoms with Crippen LogP contribution in [0.3, 0.4) is 0 Å². The molecule has 3 aromatic rings. The Hall–Kier alpha value is -3.31. The minimum absolute atomic E-state index is 0.0878. The number of hydrogen-bond donors (Lipinski definition) is 4. The molecule has 5 heteroatoms. The third-order valence-corrected chi connectivity index (χ3v) is 6.70. The summed E-state index contributed by atoms with van der Waals surface area (Å²) in [7, 11) is 0. The Morgan fingerprint density at radius 3 is 2.35 bits per heavy atom. The topological polar surface area (TPSA) is 81.6 Å². The van der Waals surface area contributed by atoms with Crippen molar-refractivity contribution in [1.82, 2.24) is 5.32 Å². The molecule has 1 fully saturated rings. The van der Waals surface area contributed by atoms with Gasteiger partial charge in [0.2, 0.25) is 5.91 Å². The maximum Gasteiger partial charge on any atom is 0.235 e. The molecule has 3 aromatic carbocycles. The van der Waals surface area contributed by atoms with Crippen LogP contribution in [0.5, 0.6) is 11.5 Å². The number of aryl methyl sites for hydroxylation is 1. The summed E-state index contributed by atoms with van der Waals surface area (Å²) in [6, 6.07) is 19.2. The second kappa shape index (κ2) is 9.90. The van der Waals surface area contributed by atoms with Gasteiger partial charge in [-0.3, -0.25) is 4.79 Å². The van der Waals surface area contributed by atoms with Crippen molar-refractivity contribution >= 4 is 11.6 Å². The Morgan fingerprint density at radius 2 is 1.71 bits per heavy atom. The summed E-state index contributed by atoms with van der Waals surface area (Å²) < 4.78 is 0. The van der Waals surface area contributed by atoms with E-state index >= 15 is 0 Å². The quantitative estimate of drug-likeness (QED) is 0.238. The highest BCUT2D eigenvalue weighted by atomic mass is 16.3. The predicted molar refractivity (Wildman–Crippen MR) is 137 cm³/mol. The second-order valence-electron chi connectivity index (χ2n) is 9.83. The van der Waals surface area contributed by atoms with Crippen molar-refractivity contribution in [2.75, 3.05) is 11.9 Å². The summed E-state index contributed by atoms with van der Waals surface area (Å²) in [4.78, 5) is 13.2. The van der Waals surface area contributed by atoms with Crippen molar-refractivity contribution in [3.63, 3.8) is 0 Å². The van der Waals surface area contributed by atoms with Crippen molar-refractivity contribution in [2.45, 2.75) is 52.0 Å². The van der Waals surface area contributed by atoms with E-state index in [-0.39, 0.29) is 17.4 Å². The Morgan fingerprint density at radius 1 is 0.971 bits per heavy atom. The number of phenols is 2. The molecule has 0 heterocycles. The van der Waals surface area contributed by atoms with Gasteiger partial charge in [-0.15, -0.1) is 0 Å². The molecule has 0 atom stereocenters. The fourth-order valence-corrected chi connectivity index (χ4v) is 4.28. The van der Waals surface area contributed by atoms with E-state index in [4.69, 9.17) is 0 Å². The Kier molecular flexibility index (Phi) is 6.94. The molecule has 1 saturated carbocycles. The van der Waals surface area contributed by atoms with Crippen molar-refractivity contribution in [2.24, 2.45) is 5.92 Å². The number of anilines is 1. The van der Waals surface area contributed by atoms with Crippen molar-refractivity contribution in [3.8, 4) is 22.6 Å². The fourth-order valence-electron chi connectivity index (χ4n) is 4.28. The van der Waals surface area contributed by atoms with Gasteiger partial charge in [0.15, 0.2) is 11.5 Å².